The fourth-order valence-corrected chi connectivity index (χ4v) is 5.14. The molecule has 4 rings (SSSR count). The quantitative estimate of drug-likeness (QED) is 0.602. The van der Waals surface area contributed by atoms with E-state index in [1.54, 1.807) is 11.8 Å². The minimum Gasteiger partial charge on any atom is -0.466 e. The monoisotopic (exact) mass is 436 g/mol. The molecule has 0 radical (unpaired) electrons. The summed E-state index contributed by atoms with van der Waals surface area (Å²) >= 11 is 1.70. The summed E-state index contributed by atoms with van der Waals surface area (Å²) in [4.78, 5) is 34.2. The summed E-state index contributed by atoms with van der Waals surface area (Å²) in [5.41, 5.74) is 4.94. The van der Waals surface area contributed by atoms with Crippen LogP contribution in [-0.2, 0) is 9.53 Å². The second kappa shape index (κ2) is 9.27. The van der Waals surface area contributed by atoms with Gasteiger partial charge in [-0.05, 0) is 63.4 Å². The number of hydrogen-bond acceptors (Lipinski definition) is 5. The normalized spacial score (nSPS) is 16.1. The summed E-state index contributed by atoms with van der Waals surface area (Å²) < 4.78 is 5.13. The Hall–Kier alpha value is -2.60. The van der Waals surface area contributed by atoms with E-state index in [1.165, 1.54) is 16.0 Å². The van der Waals surface area contributed by atoms with Gasteiger partial charge in [-0.2, -0.15) is 0 Å². The smallest absolute Gasteiger partial charge is 0.309 e. The number of piperidine rings is 1. The Morgan fingerprint density at radius 1 is 1.10 bits per heavy atom. The SMILES string of the molecule is CCOC(=O)C1CCN(C(=O)c2ccc3c(c2)N=C(CC)c2cc(C)ccc2S3)CC1. The fourth-order valence-electron chi connectivity index (χ4n) is 4.14. The maximum atomic E-state index is 13.1. The predicted molar refractivity (Wildman–Crippen MR) is 123 cm³/mol. The zero-order valence-corrected chi connectivity index (χ0v) is 19.1. The van der Waals surface area contributed by atoms with Crippen LogP contribution in [0, 0.1) is 12.8 Å². The number of aliphatic imine (C=N–C) groups is 1. The van der Waals surface area contributed by atoms with E-state index in [1.807, 2.05) is 30.0 Å². The van der Waals surface area contributed by atoms with Crippen molar-refractivity contribution in [3.8, 4) is 0 Å². The number of rotatable bonds is 4. The molecular formula is C25H28N2O3S. The highest BCUT2D eigenvalue weighted by molar-refractivity contribution is 7.99. The highest BCUT2D eigenvalue weighted by atomic mass is 32.2. The number of carbonyl (C=O) groups excluding carboxylic acids is 2. The molecule has 0 unspecified atom stereocenters. The maximum Gasteiger partial charge on any atom is 0.309 e. The van der Waals surface area contributed by atoms with Crippen LogP contribution in [0.1, 0.15) is 54.6 Å². The molecule has 162 valence electrons. The first-order chi connectivity index (χ1) is 15.0. The molecule has 2 aliphatic rings. The van der Waals surface area contributed by atoms with Gasteiger partial charge in [-0.3, -0.25) is 14.6 Å². The van der Waals surface area contributed by atoms with Gasteiger partial charge in [0.15, 0.2) is 0 Å². The molecular weight excluding hydrogens is 408 g/mol. The molecule has 0 atom stereocenters. The molecule has 0 aliphatic carbocycles. The van der Waals surface area contributed by atoms with Crippen molar-refractivity contribution >= 4 is 35.0 Å². The average Bonchev–Trinajstić information content (AvgIpc) is 2.94. The molecule has 31 heavy (non-hydrogen) atoms. The van der Waals surface area contributed by atoms with Crippen LogP contribution >= 0.6 is 11.8 Å². The molecule has 0 N–H and O–H groups in total. The van der Waals surface area contributed by atoms with E-state index < -0.39 is 0 Å². The van der Waals surface area contributed by atoms with Gasteiger partial charge in [0.2, 0.25) is 0 Å². The van der Waals surface area contributed by atoms with Crippen LogP contribution in [0.3, 0.4) is 0 Å². The Bertz CT molecular complexity index is 1040. The summed E-state index contributed by atoms with van der Waals surface area (Å²) in [6.07, 6.45) is 2.13. The second-order valence-electron chi connectivity index (χ2n) is 8.01. The summed E-state index contributed by atoms with van der Waals surface area (Å²) in [6.45, 7) is 7.57. The molecule has 0 aromatic heterocycles. The van der Waals surface area contributed by atoms with Crippen LogP contribution in [-0.4, -0.2) is 42.2 Å². The van der Waals surface area contributed by atoms with Crippen molar-refractivity contribution in [3.63, 3.8) is 0 Å². The lowest BCUT2D eigenvalue weighted by molar-refractivity contribution is -0.149. The van der Waals surface area contributed by atoms with Crippen molar-refractivity contribution in [2.75, 3.05) is 19.7 Å². The van der Waals surface area contributed by atoms with Crippen LogP contribution < -0.4 is 0 Å². The van der Waals surface area contributed by atoms with Crippen LogP contribution in [0.4, 0.5) is 5.69 Å². The molecule has 2 heterocycles. The second-order valence-corrected chi connectivity index (χ2v) is 9.10. The summed E-state index contributed by atoms with van der Waals surface area (Å²) in [5, 5.41) is 0. The molecule has 1 fully saturated rings. The Balaban J connectivity index is 1.55. The van der Waals surface area contributed by atoms with Gasteiger partial charge in [0.1, 0.15) is 0 Å². The van der Waals surface area contributed by atoms with Gasteiger partial charge in [0.25, 0.3) is 5.91 Å². The van der Waals surface area contributed by atoms with Gasteiger partial charge in [0, 0.05) is 39.7 Å². The van der Waals surface area contributed by atoms with E-state index in [2.05, 4.69) is 32.0 Å². The first-order valence-electron chi connectivity index (χ1n) is 11.0. The lowest BCUT2D eigenvalue weighted by Gasteiger charge is -2.31. The van der Waals surface area contributed by atoms with Crippen molar-refractivity contribution in [1.82, 2.24) is 4.90 Å². The molecule has 0 spiro atoms. The van der Waals surface area contributed by atoms with Crippen molar-refractivity contribution in [1.29, 1.82) is 0 Å². The highest BCUT2D eigenvalue weighted by Gasteiger charge is 2.29. The Morgan fingerprint density at radius 3 is 2.55 bits per heavy atom. The third-order valence-corrected chi connectivity index (χ3v) is 7.01. The number of hydrogen-bond donors (Lipinski definition) is 0. The van der Waals surface area contributed by atoms with Gasteiger partial charge in [-0.1, -0.05) is 30.3 Å². The summed E-state index contributed by atoms with van der Waals surface area (Å²) in [7, 11) is 0. The molecule has 1 amide bonds. The van der Waals surface area contributed by atoms with E-state index in [-0.39, 0.29) is 17.8 Å². The number of fused-ring (bicyclic) bond motifs is 2. The first-order valence-corrected chi connectivity index (χ1v) is 11.8. The van der Waals surface area contributed by atoms with Crippen molar-refractivity contribution in [2.45, 2.75) is 49.8 Å². The number of carbonyl (C=O) groups is 2. The third-order valence-electron chi connectivity index (χ3n) is 5.86. The highest BCUT2D eigenvalue weighted by Crippen LogP contribution is 2.41. The Kier molecular flexibility index (Phi) is 6.46. The molecule has 2 aromatic carbocycles. The molecule has 2 aromatic rings. The van der Waals surface area contributed by atoms with Gasteiger partial charge in [-0.25, -0.2) is 0 Å². The molecule has 6 heteroatoms. The van der Waals surface area contributed by atoms with Gasteiger partial charge in [0.05, 0.1) is 18.2 Å². The van der Waals surface area contributed by atoms with E-state index in [9.17, 15) is 9.59 Å². The Labute approximate surface area is 187 Å². The van der Waals surface area contributed by atoms with Gasteiger partial charge in [-0.15, -0.1) is 0 Å². The standard InChI is InChI=1S/C25H28N2O3S/c1-4-20-19-14-16(3)6-8-22(19)31-23-9-7-18(15-21(23)26-20)24(28)27-12-10-17(11-13-27)25(29)30-5-2/h6-9,14-15,17H,4-5,10-13H2,1-3H3. The maximum absolute atomic E-state index is 13.1. The summed E-state index contributed by atoms with van der Waals surface area (Å²) in [6, 6.07) is 12.3. The lowest BCUT2D eigenvalue weighted by Crippen LogP contribution is -2.40. The van der Waals surface area contributed by atoms with Gasteiger partial charge < -0.3 is 9.64 Å². The van der Waals surface area contributed by atoms with Crippen molar-refractivity contribution < 1.29 is 14.3 Å². The molecule has 2 aliphatic heterocycles. The fraction of sp³-hybridized carbons (Fsp3) is 0.400. The van der Waals surface area contributed by atoms with E-state index in [0.717, 1.165) is 22.7 Å². The number of amides is 1. The minimum absolute atomic E-state index is 0.000892. The van der Waals surface area contributed by atoms with Crippen LogP contribution in [0.15, 0.2) is 51.2 Å². The predicted octanol–water partition coefficient (Wildman–Crippen LogP) is 5.41. The molecule has 1 saturated heterocycles. The van der Waals surface area contributed by atoms with Crippen LogP contribution in [0.5, 0.6) is 0 Å². The topological polar surface area (TPSA) is 59.0 Å². The number of ether oxygens (including phenoxy) is 1. The Morgan fingerprint density at radius 2 is 1.84 bits per heavy atom. The third kappa shape index (κ3) is 4.54. The van der Waals surface area contributed by atoms with Crippen LogP contribution in [0.25, 0.3) is 0 Å². The van der Waals surface area contributed by atoms with Crippen LogP contribution in [0.2, 0.25) is 0 Å². The number of aryl methyl sites for hydroxylation is 1. The largest absolute Gasteiger partial charge is 0.466 e. The number of benzene rings is 2. The summed E-state index contributed by atoms with van der Waals surface area (Å²) in [5.74, 6) is -0.250. The van der Waals surface area contributed by atoms with E-state index in [0.29, 0.717) is 38.1 Å². The lowest BCUT2D eigenvalue weighted by atomic mass is 9.96. The molecule has 5 nitrogen and oxygen atoms in total. The van der Waals surface area contributed by atoms with Crippen molar-refractivity contribution in [3.05, 3.63) is 53.1 Å². The average molecular weight is 437 g/mol. The van der Waals surface area contributed by atoms with Crippen molar-refractivity contribution in [2.24, 2.45) is 10.9 Å². The number of esters is 1. The molecule has 0 saturated carbocycles. The van der Waals surface area contributed by atoms with E-state index >= 15 is 0 Å². The number of nitrogens with zero attached hydrogens (tertiary/aromatic N) is 2. The van der Waals surface area contributed by atoms with E-state index in [4.69, 9.17) is 9.73 Å². The molecule has 0 bridgehead atoms. The zero-order chi connectivity index (χ0) is 22.0. The van der Waals surface area contributed by atoms with Gasteiger partial charge >= 0.3 is 5.97 Å². The number of likely N-dealkylation sites (tertiary alicyclic amines) is 1. The minimum atomic E-state index is -0.145. The zero-order valence-electron chi connectivity index (χ0n) is 18.3. The first kappa shape index (κ1) is 21.6.